The Balaban J connectivity index is 0.00000225. The number of rotatable bonds is 3. The molecule has 0 fully saturated rings. The van der Waals surface area contributed by atoms with Crippen molar-refractivity contribution in [3.8, 4) is 5.75 Å². The summed E-state index contributed by atoms with van der Waals surface area (Å²) in [6.07, 6.45) is -4.46. The molecule has 16 heavy (non-hydrogen) atoms. The summed E-state index contributed by atoms with van der Waals surface area (Å²) in [5.74, 6) is -1.36. The van der Waals surface area contributed by atoms with Crippen LogP contribution in [0.3, 0.4) is 0 Å². The van der Waals surface area contributed by atoms with Gasteiger partial charge in [0.25, 0.3) is 0 Å². The summed E-state index contributed by atoms with van der Waals surface area (Å²) < 4.78 is 41.2. The van der Waals surface area contributed by atoms with E-state index in [1.807, 2.05) is 0 Å². The lowest BCUT2D eigenvalue weighted by atomic mass is 10.2. The predicted octanol–water partition coefficient (Wildman–Crippen LogP) is 2.75. The van der Waals surface area contributed by atoms with Crippen LogP contribution in [-0.4, -0.2) is 17.7 Å². The molecule has 0 saturated carbocycles. The van der Waals surface area contributed by atoms with E-state index in [-0.39, 0.29) is 22.7 Å². The summed E-state index contributed by atoms with van der Waals surface area (Å²) in [5, 5.41) is 8.26. The number of aliphatic carboxylic acids is 1. The molecule has 0 aromatic heterocycles. The van der Waals surface area contributed by atoms with Gasteiger partial charge in [-0.15, -0.1) is 17.0 Å². The van der Waals surface area contributed by atoms with E-state index in [2.05, 4.69) is 4.74 Å². The van der Waals surface area contributed by atoms with Crippen molar-refractivity contribution >= 4 is 23.0 Å². The Labute approximate surface area is 99.6 Å². The number of carboxylic acids is 1. The van der Waals surface area contributed by atoms with Gasteiger partial charge in [-0.3, -0.25) is 0 Å². The lowest BCUT2D eigenvalue weighted by Crippen LogP contribution is -2.10. The highest BCUT2D eigenvalue weighted by Crippen LogP contribution is 2.31. The van der Waals surface area contributed by atoms with E-state index >= 15 is 0 Å². The molecule has 3 nitrogen and oxygen atoms in total. The van der Waals surface area contributed by atoms with Gasteiger partial charge in [0.15, 0.2) is 6.61 Å². The minimum Gasteiger partial charge on any atom is -0.482 e. The van der Waals surface area contributed by atoms with Crippen LogP contribution in [0, 0.1) is 0 Å². The second kappa shape index (κ2) is 5.74. The summed E-state index contributed by atoms with van der Waals surface area (Å²) in [7, 11) is 0. The first-order chi connectivity index (χ1) is 6.89. The Hall–Kier alpha value is -1.24. The first-order valence-electron chi connectivity index (χ1n) is 3.91. The molecule has 7 heteroatoms. The van der Waals surface area contributed by atoms with Crippen molar-refractivity contribution < 1.29 is 27.8 Å². The molecule has 0 spiro atoms. The molecule has 0 unspecified atom stereocenters. The van der Waals surface area contributed by atoms with Crippen LogP contribution in [0.15, 0.2) is 24.3 Å². The van der Waals surface area contributed by atoms with E-state index in [0.29, 0.717) is 0 Å². The largest absolute Gasteiger partial charge is 0.482 e. The summed E-state index contributed by atoms with van der Waals surface area (Å²) >= 11 is 0. The lowest BCUT2D eigenvalue weighted by Gasteiger charge is -2.08. The molecule has 0 bridgehead atoms. The van der Waals surface area contributed by atoms with E-state index in [1.165, 1.54) is 6.07 Å². The van der Waals surface area contributed by atoms with Gasteiger partial charge in [-0.25, -0.2) is 4.79 Å². The number of ether oxygens (including phenoxy) is 1. The number of hydrogen-bond donors (Lipinski definition) is 1. The van der Waals surface area contributed by atoms with Crippen molar-refractivity contribution in [1.29, 1.82) is 0 Å². The highest BCUT2D eigenvalue weighted by atomic mass is 79.9. The normalized spacial score (nSPS) is 10.4. The lowest BCUT2D eigenvalue weighted by molar-refractivity contribution is -0.139. The molecular weight excluding hydrogens is 293 g/mol. The molecule has 1 aromatic carbocycles. The minimum atomic E-state index is -4.46. The quantitative estimate of drug-likeness (QED) is 0.934. The highest BCUT2D eigenvalue weighted by Gasteiger charge is 2.30. The van der Waals surface area contributed by atoms with E-state index in [4.69, 9.17) is 5.11 Å². The standard InChI is InChI=1S/C9H7F3O3.BrH/c10-9(11,12)6-2-1-3-7(4-6)15-5-8(13)14;/h1-4H,5H2,(H,13,14);1H. The van der Waals surface area contributed by atoms with Crippen LogP contribution in [0.1, 0.15) is 5.56 Å². The highest BCUT2D eigenvalue weighted by molar-refractivity contribution is 8.93. The molecular formula is C9H8BrF3O3. The van der Waals surface area contributed by atoms with Gasteiger partial charge in [-0.2, -0.15) is 13.2 Å². The van der Waals surface area contributed by atoms with Gasteiger partial charge in [0.05, 0.1) is 5.56 Å². The maximum atomic E-state index is 12.2. The van der Waals surface area contributed by atoms with E-state index < -0.39 is 24.3 Å². The molecule has 0 amide bonds. The van der Waals surface area contributed by atoms with Crippen molar-refractivity contribution in [2.24, 2.45) is 0 Å². The fraction of sp³-hybridized carbons (Fsp3) is 0.222. The number of carboxylic acid groups (broad SMARTS) is 1. The first kappa shape index (κ1) is 14.8. The average Bonchev–Trinajstić information content (AvgIpc) is 2.14. The van der Waals surface area contributed by atoms with Crippen molar-refractivity contribution in [2.75, 3.05) is 6.61 Å². The molecule has 0 saturated heterocycles. The van der Waals surface area contributed by atoms with Crippen LogP contribution in [0.25, 0.3) is 0 Å². The fourth-order valence-electron chi connectivity index (χ4n) is 0.907. The minimum absolute atomic E-state index is 0. The number of hydrogen-bond acceptors (Lipinski definition) is 2. The van der Waals surface area contributed by atoms with Crippen molar-refractivity contribution in [3.05, 3.63) is 29.8 Å². The Morgan fingerprint density at radius 3 is 2.50 bits per heavy atom. The fourth-order valence-corrected chi connectivity index (χ4v) is 0.907. The predicted molar refractivity (Wildman–Crippen MR) is 54.9 cm³/mol. The van der Waals surface area contributed by atoms with Gasteiger partial charge in [0.2, 0.25) is 0 Å². The van der Waals surface area contributed by atoms with Crippen molar-refractivity contribution in [3.63, 3.8) is 0 Å². The monoisotopic (exact) mass is 300 g/mol. The van der Waals surface area contributed by atoms with Gasteiger partial charge < -0.3 is 9.84 Å². The smallest absolute Gasteiger partial charge is 0.416 e. The molecule has 1 rings (SSSR count). The summed E-state index contributed by atoms with van der Waals surface area (Å²) in [5.41, 5.74) is -0.870. The summed E-state index contributed by atoms with van der Waals surface area (Å²) in [6.45, 7) is -0.665. The summed E-state index contributed by atoms with van der Waals surface area (Å²) in [6, 6.07) is 4.05. The number of halogens is 4. The average molecular weight is 301 g/mol. The van der Waals surface area contributed by atoms with Gasteiger partial charge in [-0.1, -0.05) is 6.07 Å². The zero-order valence-electron chi connectivity index (χ0n) is 7.82. The zero-order valence-corrected chi connectivity index (χ0v) is 9.54. The third-order valence-electron chi connectivity index (χ3n) is 1.52. The zero-order chi connectivity index (χ0) is 11.5. The van der Waals surface area contributed by atoms with Crippen LogP contribution in [0.2, 0.25) is 0 Å². The van der Waals surface area contributed by atoms with Gasteiger partial charge in [0.1, 0.15) is 5.75 Å². The molecule has 0 atom stereocenters. The van der Waals surface area contributed by atoms with Crippen molar-refractivity contribution in [2.45, 2.75) is 6.18 Å². The third-order valence-corrected chi connectivity index (χ3v) is 1.52. The van der Waals surface area contributed by atoms with Gasteiger partial charge >= 0.3 is 12.1 Å². The van der Waals surface area contributed by atoms with E-state index in [0.717, 1.165) is 18.2 Å². The second-order valence-electron chi connectivity index (χ2n) is 2.71. The molecule has 0 aliphatic heterocycles. The topological polar surface area (TPSA) is 46.5 Å². The maximum absolute atomic E-state index is 12.2. The third kappa shape index (κ3) is 4.52. The van der Waals surface area contributed by atoms with Crippen LogP contribution in [0.5, 0.6) is 5.75 Å². The molecule has 0 aliphatic rings. The van der Waals surface area contributed by atoms with Crippen LogP contribution >= 0.6 is 17.0 Å². The Morgan fingerprint density at radius 2 is 2.00 bits per heavy atom. The Kier molecular flexibility index (Phi) is 5.29. The SMILES string of the molecule is Br.O=C(O)COc1cccc(C(F)(F)F)c1. The molecule has 0 aliphatic carbocycles. The number of carbonyl (C=O) groups is 1. The second-order valence-corrected chi connectivity index (χ2v) is 2.71. The summed E-state index contributed by atoms with van der Waals surface area (Å²) in [4.78, 5) is 10.1. The molecule has 0 heterocycles. The van der Waals surface area contributed by atoms with E-state index in [1.54, 1.807) is 0 Å². The molecule has 90 valence electrons. The van der Waals surface area contributed by atoms with Crippen LogP contribution in [0.4, 0.5) is 13.2 Å². The number of benzene rings is 1. The molecule has 1 aromatic rings. The Morgan fingerprint density at radius 1 is 1.38 bits per heavy atom. The van der Waals surface area contributed by atoms with Gasteiger partial charge in [0, 0.05) is 0 Å². The van der Waals surface area contributed by atoms with Gasteiger partial charge in [-0.05, 0) is 18.2 Å². The van der Waals surface area contributed by atoms with Crippen LogP contribution in [-0.2, 0) is 11.0 Å². The van der Waals surface area contributed by atoms with Crippen molar-refractivity contribution in [1.82, 2.24) is 0 Å². The Bertz CT molecular complexity index is 365. The van der Waals surface area contributed by atoms with E-state index in [9.17, 15) is 18.0 Å². The molecule has 1 N–H and O–H groups in total. The number of alkyl halides is 3. The maximum Gasteiger partial charge on any atom is 0.416 e. The van der Waals surface area contributed by atoms with Crippen LogP contribution < -0.4 is 4.74 Å². The first-order valence-corrected chi connectivity index (χ1v) is 3.91. The molecule has 0 radical (unpaired) electrons.